The molecule has 2 nitrogen and oxygen atoms in total. The van der Waals surface area contributed by atoms with Crippen LogP contribution in [-0.2, 0) is 11.3 Å². The zero-order valence-electron chi connectivity index (χ0n) is 13.4. The molecule has 1 heterocycles. The van der Waals surface area contributed by atoms with E-state index in [1.165, 1.54) is 11.8 Å². The van der Waals surface area contributed by atoms with Gasteiger partial charge in [-0.2, -0.15) is 0 Å². The molecule has 0 atom stereocenters. The molecule has 1 aliphatic heterocycles. The van der Waals surface area contributed by atoms with Crippen LogP contribution in [0.15, 0.2) is 77.7 Å². The second kappa shape index (κ2) is 6.82. The Hall–Kier alpha value is -2.43. The Morgan fingerprint density at radius 3 is 2.48 bits per heavy atom. The standard InChI is InChI=1S/C21H15NOS2/c23-20-19(13-17-11-6-10-16-9-4-5-12-18(16)17)25-21(24)22(20)14-15-7-2-1-3-8-15/h1-13H,14H2/b19-13-. The smallest absolute Gasteiger partial charge is 0.266 e. The van der Waals surface area contributed by atoms with Crippen LogP contribution in [0.5, 0.6) is 0 Å². The van der Waals surface area contributed by atoms with E-state index in [1.54, 1.807) is 4.90 Å². The van der Waals surface area contributed by atoms with Gasteiger partial charge in [0.1, 0.15) is 4.32 Å². The Morgan fingerprint density at radius 2 is 1.64 bits per heavy atom. The molecule has 1 fully saturated rings. The quantitative estimate of drug-likeness (QED) is 0.470. The highest BCUT2D eigenvalue weighted by molar-refractivity contribution is 8.26. The Morgan fingerprint density at radius 1 is 0.920 bits per heavy atom. The number of hydrogen-bond donors (Lipinski definition) is 0. The molecule has 122 valence electrons. The zero-order chi connectivity index (χ0) is 17.2. The number of thioether (sulfide) groups is 1. The third-order valence-electron chi connectivity index (χ3n) is 4.17. The van der Waals surface area contributed by atoms with Crippen molar-refractivity contribution in [3.63, 3.8) is 0 Å². The van der Waals surface area contributed by atoms with Gasteiger partial charge in [-0.05, 0) is 28.0 Å². The molecule has 25 heavy (non-hydrogen) atoms. The number of amides is 1. The molecular formula is C21H15NOS2. The lowest BCUT2D eigenvalue weighted by molar-refractivity contribution is -0.122. The maximum atomic E-state index is 12.8. The summed E-state index contributed by atoms with van der Waals surface area (Å²) in [6.07, 6.45) is 1.95. The monoisotopic (exact) mass is 361 g/mol. The normalized spacial score (nSPS) is 16.2. The van der Waals surface area contributed by atoms with Crippen LogP contribution in [0.4, 0.5) is 0 Å². The minimum absolute atomic E-state index is 0.0215. The number of nitrogens with zero attached hydrogens (tertiary/aromatic N) is 1. The number of thiocarbonyl (C=S) groups is 1. The fourth-order valence-corrected chi connectivity index (χ4v) is 4.17. The molecule has 4 rings (SSSR count). The predicted molar refractivity (Wildman–Crippen MR) is 109 cm³/mol. The van der Waals surface area contributed by atoms with Gasteiger partial charge in [-0.25, -0.2) is 0 Å². The highest BCUT2D eigenvalue weighted by Gasteiger charge is 2.32. The lowest BCUT2D eigenvalue weighted by Crippen LogP contribution is -2.27. The number of carbonyl (C=O) groups excluding carboxylic acids is 1. The van der Waals surface area contributed by atoms with E-state index in [1.807, 2.05) is 60.7 Å². The Balaban J connectivity index is 1.66. The van der Waals surface area contributed by atoms with Crippen molar-refractivity contribution in [2.45, 2.75) is 6.54 Å². The van der Waals surface area contributed by atoms with Crippen LogP contribution in [0.1, 0.15) is 11.1 Å². The minimum atomic E-state index is -0.0215. The van der Waals surface area contributed by atoms with Gasteiger partial charge in [0.05, 0.1) is 11.4 Å². The van der Waals surface area contributed by atoms with Gasteiger partial charge >= 0.3 is 0 Å². The van der Waals surface area contributed by atoms with Crippen LogP contribution >= 0.6 is 24.0 Å². The van der Waals surface area contributed by atoms with E-state index >= 15 is 0 Å². The molecule has 0 aromatic heterocycles. The van der Waals surface area contributed by atoms with E-state index in [2.05, 4.69) is 18.2 Å². The molecule has 0 aliphatic carbocycles. The van der Waals surface area contributed by atoms with Gasteiger partial charge in [0.25, 0.3) is 5.91 Å². The van der Waals surface area contributed by atoms with E-state index in [4.69, 9.17) is 12.2 Å². The third-order valence-corrected chi connectivity index (χ3v) is 5.54. The lowest BCUT2D eigenvalue weighted by atomic mass is 10.0. The molecular weight excluding hydrogens is 346 g/mol. The first-order valence-corrected chi connectivity index (χ1v) is 9.22. The fourth-order valence-electron chi connectivity index (χ4n) is 2.92. The van der Waals surface area contributed by atoms with Crippen molar-refractivity contribution in [1.82, 2.24) is 4.90 Å². The fraction of sp³-hybridized carbons (Fsp3) is 0.0476. The summed E-state index contributed by atoms with van der Waals surface area (Å²) >= 11 is 6.81. The number of carbonyl (C=O) groups is 1. The van der Waals surface area contributed by atoms with Gasteiger partial charge in [-0.1, -0.05) is 96.8 Å². The highest BCUT2D eigenvalue weighted by Crippen LogP contribution is 2.34. The molecule has 4 heteroatoms. The summed E-state index contributed by atoms with van der Waals surface area (Å²) < 4.78 is 0.611. The van der Waals surface area contributed by atoms with Crippen LogP contribution in [-0.4, -0.2) is 15.1 Å². The minimum Gasteiger partial charge on any atom is -0.288 e. The van der Waals surface area contributed by atoms with Crippen molar-refractivity contribution in [3.8, 4) is 0 Å². The molecule has 1 aliphatic rings. The zero-order valence-corrected chi connectivity index (χ0v) is 15.0. The average molecular weight is 361 g/mol. The van der Waals surface area contributed by atoms with Crippen LogP contribution < -0.4 is 0 Å². The summed E-state index contributed by atoms with van der Waals surface area (Å²) in [6, 6.07) is 24.2. The predicted octanol–water partition coefficient (Wildman–Crippen LogP) is 5.24. The highest BCUT2D eigenvalue weighted by atomic mass is 32.2. The van der Waals surface area contributed by atoms with Gasteiger partial charge in [0.15, 0.2) is 0 Å². The van der Waals surface area contributed by atoms with Crippen molar-refractivity contribution in [2.24, 2.45) is 0 Å². The Kier molecular flexibility index (Phi) is 4.38. The van der Waals surface area contributed by atoms with Crippen LogP contribution in [0, 0.1) is 0 Å². The van der Waals surface area contributed by atoms with Gasteiger partial charge in [-0.15, -0.1) is 0 Å². The van der Waals surface area contributed by atoms with E-state index < -0.39 is 0 Å². The van der Waals surface area contributed by atoms with Crippen molar-refractivity contribution in [1.29, 1.82) is 0 Å². The molecule has 0 bridgehead atoms. The molecule has 0 saturated carbocycles. The summed E-state index contributed by atoms with van der Waals surface area (Å²) in [5.41, 5.74) is 2.11. The maximum Gasteiger partial charge on any atom is 0.266 e. The van der Waals surface area contributed by atoms with E-state index in [0.717, 1.165) is 21.9 Å². The Labute approximate surface area is 156 Å². The van der Waals surface area contributed by atoms with Crippen molar-refractivity contribution >= 4 is 51.1 Å². The summed E-state index contributed by atoms with van der Waals surface area (Å²) in [4.78, 5) is 15.2. The average Bonchev–Trinajstić information content (AvgIpc) is 2.90. The summed E-state index contributed by atoms with van der Waals surface area (Å²) in [5.74, 6) is -0.0215. The molecule has 0 unspecified atom stereocenters. The topological polar surface area (TPSA) is 20.3 Å². The second-order valence-electron chi connectivity index (χ2n) is 5.82. The summed E-state index contributed by atoms with van der Waals surface area (Å²) in [7, 11) is 0. The molecule has 0 spiro atoms. The van der Waals surface area contributed by atoms with Gasteiger partial charge in [0, 0.05) is 0 Å². The van der Waals surface area contributed by atoms with Crippen molar-refractivity contribution < 1.29 is 4.79 Å². The first kappa shape index (κ1) is 16.1. The van der Waals surface area contributed by atoms with Gasteiger partial charge in [0.2, 0.25) is 0 Å². The Bertz CT molecular complexity index is 990. The van der Waals surface area contributed by atoms with Crippen LogP contribution in [0.2, 0.25) is 0 Å². The van der Waals surface area contributed by atoms with E-state index in [-0.39, 0.29) is 5.91 Å². The van der Waals surface area contributed by atoms with Crippen molar-refractivity contribution in [2.75, 3.05) is 0 Å². The van der Waals surface area contributed by atoms with E-state index in [0.29, 0.717) is 15.8 Å². The van der Waals surface area contributed by atoms with E-state index in [9.17, 15) is 4.79 Å². The number of fused-ring (bicyclic) bond motifs is 1. The first-order chi connectivity index (χ1) is 12.2. The number of hydrogen-bond acceptors (Lipinski definition) is 3. The second-order valence-corrected chi connectivity index (χ2v) is 7.50. The molecule has 3 aromatic carbocycles. The van der Waals surface area contributed by atoms with Crippen LogP contribution in [0.3, 0.4) is 0 Å². The summed E-state index contributed by atoms with van der Waals surface area (Å²) in [6.45, 7) is 0.512. The largest absolute Gasteiger partial charge is 0.288 e. The third kappa shape index (κ3) is 3.23. The van der Waals surface area contributed by atoms with Crippen molar-refractivity contribution in [3.05, 3.63) is 88.8 Å². The molecule has 3 aromatic rings. The molecule has 1 saturated heterocycles. The number of rotatable bonds is 3. The molecule has 0 radical (unpaired) electrons. The first-order valence-electron chi connectivity index (χ1n) is 7.99. The maximum absolute atomic E-state index is 12.8. The lowest BCUT2D eigenvalue weighted by Gasteiger charge is -2.14. The SMILES string of the molecule is O=C1/C(=C/c2cccc3ccccc23)SC(=S)N1Cc1ccccc1. The van der Waals surface area contributed by atoms with Gasteiger partial charge in [-0.3, -0.25) is 9.69 Å². The summed E-state index contributed by atoms with van der Waals surface area (Å²) in [5, 5.41) is 2.30. The molecule has 1 amide bonds. The van der Waals surface area contributed by atoms with Crippen LogP contribution in [0.25, 0.3) is 16.8 Å². The molecule has 0 N–H and O–H groups in total. The number of benzene rings is 3. The van der Waals surface area contributed by atoms with Gasteiger partial charge < -0.3 is 0 Å².